The molecule has 0 aromatic rings. The fourth-order valence-corrected chi connectivity index (χ4v) is 3.08. The summed E-state index contributed by atoms with van der Waals surface area (Å²) < 4.78 is 0. The van der Waals surface area contributed by atoms with Crippen molar-refractivity contribution in [3.63, 3.8) is 0 Å². The van der Waals surface area contributed by atoms with Gasteiger partial charge in [-0.05, 0) is 31.7 Å². The fraction of sp³-hybridized carbons (Fsp3) is 0.933. The lowest BCUT2D eigenvalue weighted by atomic mass is 10.1. The van der Waals surface area contributed by atoms with Crippen LogP contribution in [0.15, 0.2) is 0 Å². The van der Waals surface area contributed by atoms with Crippen molar-refractivity contribution < 1.29 is 4.79 Å². The number of hydrogen-bond donors (Lipinski definition) is 1. The summed E-state index contributed by atoms with van der Waals surface area (Å²) in [4.78, 5) is 19.1. The molecular formula is C15H30N4O. The predicted octanol–water partition coefficient (Wildman–Crippen LogP) is 0.211. The summed E-state index contributed by atoms with van der Waals surface area (Å²) in [6.45, 7) is 10.7. The van der Waals surface area contributed by atoms with E-state index in [0.29, 0.717) is 18.4 Å². The molecule has 2 N–H and O–H groups in total. The molecule has 0 bridgehead atoms. The van der Waals surface area contributed by atoms with Crippen LogP contribution in [0, 0.1) is 5.92 Å². The van der Waals surface area contributed by atoms with E-state index >= 15 is 0 Å². The van der Waals surface area contributed by atoms with Gasteiger partial charge in [0.15, 0.2) is 0 Å². The van der Waals surface area contributed by atoms with Gasteiger partial charge in [-0.25, -0.2) is 0 Å². The average molecular weight is 282 g/mol. The Balaban J connectivity index is 1.67. The van der Waals surface area contributed by atoms with E-state index in [-0.39, 0.29) is 0 Å². The Morgan fingerprint density at radius 2 is 1.60 bits per heavy atom. The molecule has 0 aliphatic carbocycles. The summed E-state index contributed by atoms with van der Waals surface area (Å²) in [5, 5.41) is 0. The van der Waals surface area contributed by atoms with E-state index < -0.39 is 0 Å². The maximum Gasteiger partial charge on any atom is 0.236 e. The molecule has 5 nitrogen and oxygen atoms in total. The normalized spacial score (nSPS) is 23.8. The van der Waals surface area contributed by atoms with E-state index in [2.05, 4.69) is 16.7 Å². The topological polar surface area (TPSA) is 52.8 Å². The number of carbonyl (C=O) groups is 1. The molecule has 2 saturated heterocycles. The van der Waals surface area contributed by atoms with Gasteiger partial charge in [0, 0.05) is 45.8 Å². The number of rotatable bonds is 5. The van der Waals surface area contributed by atoms with Crippen molar-refractivity contribution in [3.8, 4) is 0 Å². The van der Waals surface area contributed by atoms with Crippen molar-refractivity contribution in [2.45, 2.75) is 26.2 Å². The molecule has 1 amide bonds. The average Bonchev–Trinajstić information content (AvgIpc) is 2.50. The largest absolute Gasteiger partial charge is 0.342 e. The monoisotopic (exact) mass is 282 g/mol. The van der Waals surface area contributed by atoms with Gasteiger partial charge < -0.3 is 15.5 Å². The van der Waals surface area contributed by atoms with Gasteiger partial charge in [-0.1, -0.05) is 6.92 Å². The van der Waals surface area contributed by atoms with Crippen LogP contribution in [-0.2, 0) is 4.79 Å². The van der Waals surface area contributed by atoms with Crippen molar-refractivity contribution >= 4 is 5.91 Å². The highest BCUT2D eigenvalue weighted by Gasteiger charge is 2.23. The summed E-state index contributed by atoms with van der Waals surface area (Å²) in [6.07, 6.45) is 3.63. The first-order valence-electron chi connectivity index (χ1n) is 8.11. The molecule has 20 heavy (non-hydrogen) atoms. The smallest absolute Gasteiger partial charge is 0.236 e. The molecule has 0 aromatic carbocycles. The minimum Gasteiger partial charge on any atom is -0.342 e. The van der Waals surface area contributed by atoms with Crippen molar-refractivity contribution in [1.82, 2.24) is 14.7 Å². The second-order valence-corrected chi connectivity index (χ2v) is 6.36. The lowest BCUT2D eigenvalue weighted by Crippen LogP contribution is -2.51. The lowest BCUT2D eigenvalue weighted by molar-refractivity contribution is -0.133. The molecule has 2 aliphatic rings. The Bertz CT molecular complexity index is 296. The number of likely N-dealkylation sites (tertiary alicyclic amines) is 1. The zero-order chi connectivity index (χ0) is 14.4. The molecule has 1 unspecified atom stereocenters. The van der Waals surface area contributed by atoms with Gasteiger partial charge in [0.05, 0.1) is 6.54 Å². The van der Waals surface area contributed by atoms with E-state index in [1.807, 2.05) is 4.90 Å². The Kier molecular flexibility index (Phi) is 6.26. The third-order valence-electron chi connectivity index (χ3n) is 4.50. The zero-order valence-corrected chi connectivity index (χ0v) is 12.9. The van der Waals surface area contributed by atoms with Crippen molar-refractivity contribution in [3.05, 3.63) is 0 Å². The number of piperazine rings is 1. The van der Waals surface area contributed by atoms with Crippen molar-refractivity contribution in [2.75, 3.05) is 58.9 Å². The van der Waals surface area contributed by atoms with E-state index in [4.69, 9.17) is 5.73 Å². The maximum atomic E-state index is 12.2. The van der Waals surface area contributed by atoms with E-state index in [0.717, 1.165) is 52.4 Å². The standard InChI is InChI=1S/C15H30N4O/c1-14(11-16)12-17-7-9-18(10-8-17)13-15(20)19-5-3-2-4-6-19/h14H,2-13,16H2,1H3. The molecule has 5 heteroatoms. The van der Waals surface area contributed by atoms with Gasteiger partial charge in [0.1, 0.15) is 0 Å². The highest BCUT2D eigenvalue weighted by molar-refractivity contribution is 5.78. The summed E-state index contributed by atoms with van der Waals surface area (Å²) in [5.41, 5.74) is 5.68. The number of piperidine rings is 1. The van der Waals surface area contributed by atoms with Crippen LogP contribution in [0.5, 0.6) is 0 Å². The molecule has 2 aliphatic heterocycles. The van der Waals surface area contributed by atoms with Crippen LogP contribution in [0.25, 0.3) is 0 Å². The summed E-state index contributed by atoms with van der Waals surface area (Å²) >= 11 is 0. The quantitative estimate of drug-likeness (QED) is 0.783. The van der Waals surface area contributed by atoms with Crippen LogP contribution in [0.1, 0.15) is 26.2 Å². The highest BCUT2D eigenvalue weighted by Crippen LogP contribution is 2.10. The van der Waals surface area contributed by atoms with Gasteiger partial charge in [-0.3, -0.25) is 9.69 Å². The second kappa shape index (κ2) is 7.96. The van der Waals surface area contributed by atoms with Gasteiger partial charge in [-0.2, -0.15) is 0 Å². The minimum absolute atomic E-state index is 0.327. The summed E-state index contributed by atoms with van der Waals surface area (Å²) in [5.74, 6) is 0.894. The molecule has 1 atom stereocenters. The van der Waals surface area contributed by atoms with Crippen LogP contribution in [0.3, 0.4) is 0 Å². The molecule has 2 heterocycles. The summed E-state index contributed by atoms with van der Waals surface area (Å²) in [7, 11) is 0. The van der Waals surface area contributed by atoms with Crippen LogP contribution in [0.4, 0.5) is 0 Å². The number of nitrogens with zero attached hydrogens (tertiary/aromatic N) is 3. The van der Waals surface area contributed by atoms with Crippen LogP contribution < -0.4 is 5.73 Å². The van der Waals surface area contributed by atoms with Crippen molar-refractivity contribution in [1.29, 1.82) is 0 Å². The molecule has 0 saturated carbocycles. The first-order valence-corrected chi connectivity index (χ1v) is 8.11. The van der Waals surface area contributed by atoms with Crippen LogP contribution >= 0.6 is 0 Å². The van der Waals surface area contributed by atoms with E-state index in [1.165, 1.54) is 19.3 Å². The molecule has 2 fully saturated rings. The van der Waals surface area contributed by atoms with E-state index in [1.54, 1.807) is 0 Å². The third-order valence-corrected chi connectivity index (χ3v) is 4.50. The second-order valence-electron chi connectivity index (χ2n) is 6.36. The summed E-state index contributed by atoms with van der Waals surface area (Å²) in [6, 6.07) is 0. The number of nitrogens with two attached hydrogens (primary N) is 1. The lowest BCUT2D eigenvalue weighted by Gasteiger charge is -2.36. The SMILES string of the molecule is CC(CN)CN1CCN(CC(=O)N2CCCCC2)CC1. The predicted molar refractivity (Wildman–Crippen MR) is 81.5 cm³/mol. The Morgan fingerprint density at radius 3 is 2.20 bits per heavy atom. The van der Waals surface area contributed by atoms with Crippen LogP contribution in [-0.4, -0.2) is 79.5 Å². The zero-order valence-electron chi connectivity index (χ0n) is 12.9. The van der Waals surface area contributed by atoms with Gasteiger partial charge >= 0.3 is 0 Å². The minimum atomic E-state index is 0.327. The molecule has 0 radical (unpaired) electrons. The Morgan fingerprint density at radius 1 is 1.00 bits per heavy atom. The molecular weight excluding hydrogens is 252 g/mol. The van der Waals surface area contributed by atoms with Gasteiger partial charge in [0.2, 0.25) is 5.91 Å². The molecule has 2 rings (SSSR count). The third kappa shape index (κ3) is 4.72. The molecule has 0 spiro atoms. The number of amides is 1. The molecule has 0 aromatic heterocycles. The van der Waals surface area contributed by atoms with Crippen molar-refractivity contribution in [2.24, 2.45) is 11.7 Å². The highest BCUT2D eigenvalue weighted by atomic mass is 16.2. The first kappa shape index (κ1) is 15.7. The maximum absolute atomic E-state index is 12.2. The fourth-order valence-electron chi connectivity index (χ4n) is 3.08. The Hall–Kier alpha value is -0.650. The van der Waals surface area contributed by atoms with Gasteiger partial charge in [-0.15, -0.1) is 0 Å². The first-order chi connectivity index (χ1) is 9.69. The Labute approximate surface area is 123 Å². The number of carbonyl (C=O) groups excluding carboxylic acids is 1. The molecule has 116 valence electrons. The van der Waals surface area contributed by atoms with Crippen LogP contribution in [0.2, 0.25) is 0 Å². The van der Waals surface area contributed by atoms with Gasteiger partial charge in [0.25, 0.3) is 0 Å². The number of hydrogen-bond acceptors (Lipinski definition) is 4. The van der Waals surface area contributed by atoms with E-state index in [9.17, 15) is 4.79 Å².